The van der Waals surface area contributed by atoms with Crippen LogP contribution in [0.1, 0.15) is 38.1 Å². The molecular weight excluding hydrogens is 284 g/mol. The van der Waals surface area contributed by atoms with Gasteiger partial charge in [0.25, 0.3) is 0 Å². The third-order valence-electron chi connectivity index (χ3n) is 2.16. The van der Waals surface area contributed by atoms with Crippen LogP contribution in [0.5, 0.6) is 0 Å². The predicted octanol–water partition coefficient (Wildman–Crippen LogP) is 2.81. The highest BCUT2D eigenvalue weighted by Gasteiger charge is 2.23. The fourth-order valence-electron chi connectivity index (χ4n) is 1.42. The standard InChI is InChI=1S/C12H16N2O5S/c1-12(2,3)19-11(16)13-8(6-7-15)9-4-5-10(20-9)14(17)18/h4-5,7-8H,6H2,1-3H3,(H,13,16)/t8-/m0/s1. The molecule has 8 heteroatoms. The summed E-state index contributed by atoms with van der Waals surface area (Å²) in [6.45, 7) is 5.16. The molecule has 1 aromatic heterocycles. The number of hydrogen-bond acceptors (Lipinski definition) is 6. The van der Waals surface area contributed by atoms with E-state index in [2.05, 4.69) is 5.32 Å². The number of aldehydes is 1. The third kappa shape index (κ3) is 4.96. The third-order valence-corrected chi connectivity index (χ3v) is 3.31. The second kappa shape index (κ2) is 6.47. The lowest BCUT2D eigenvalue weighted by Crippen LogP contribution is -2.34. The van der Waals surface area contributed by atoms with Gasteiger partial charge in [0.2, 0.25) is 0 Å². The van der Waals surface area contributed by atoms with Gasteiger partial charge in [0, 0.05) is 17.4 Å². The number of nitrogens with one attached hydrogen (secondary N) is 1. The van der Waals surface area contributed by atoms with E-state index in [1.807, 2.05) is 0 Å². The highest BCUT2D eigenvalue weighted by Crippen LogP contribution is 2.30. The van der Waals surface area contributed by atoms with E-state index in [1.54, 1.807) is 20.8 Å². The van der Waals surface area contributed by atoms with Crippen molar-refractivity contribution in [2.24, 2.45) is 0 Å². The maximum absolute atomic E-state index is 11.7. The molecular formula is C12H16N2O5S. The van der Waals surface area contributed by atoms with Gasteiger partial charge >= 0.3 is 11.1 Å². The van der Waals surface area contributed by atoms with Gasteiger partial charge in [-0.3, -0.25) is 10.1 Å². The summed E-state index contributed by atoms with van der Waals surface area (Å²) in [7, 11) is 0. The number of rotatable bonds is 5. The molecule has 1 N–H and O–H groups in total. The lowest BCUT2D eigenvalue weighted by Gasteiger charge is -2.22. The van der Waals surface area contributed by atoms with Crippen LogP contribution >= 0.6 is 11.3 Å². The Balaban J connectivity index is 2.80. The van der Waals surface area contributed by atoms with Crippen molar-refractivity contribution >= 4 is 28.7 Å². The summed E-state index contributed by atoms with van der Waals surface area (Å²) in [6, 6.07) is 2.24. The molecule has 0 saturated carbocycles. The average Bonchev–Trinajstić information content (AvgIpc) is 2.74. The highest BCUT2D eigenvalue weighted by molar-refractivity contribution is 7.15. The van der Waals surface area contributed by atoms with E-state index in [1.165, 1.54) is 12.1 Å². The van der Waals surface area contributed by atoms with Crippen molar-refractivity contribution in [1.82, 2.24) is 5.32 Å². The molecule has 1 aromatic rings. The van der Waals surface area contributed by atoms with Gasteiger partial charge < -0.3 is 14.8 Å². The molecule has 0 radical (unpaired) electrons. The summed E-state index contributed by atoms with van der Waals surface area (Å²) < 4.78 is 5.10. The summed E-state index contributed by atoms with van der Waals surface area (Å²) in [5, 5.41) is 13.1. The minimum atomic E-state index is -0.666. The normalized spacial score (nSPS) is 12.6. The predicted molar refractivity (Wildman–Crippen MR) is 73.8 cm³/mol. The molecule has 7 nitrogen and oxygen atoms in total. The van der Waals surface area contributed by atoms with Gasteiger partial charge in [0.05, 0.1) is 11.0 Å². The Bertz CT molecular complexity index is 506. The topological polar surface area (TPSA) is 98.5 Å². The van der Waals surface area contributed by atoms with Crippen molar-refractivity contribution in [3.05, 3.63) is 27.1 Å². The fourth-order valence-corrected chi connectivity index (χ4v) is 2.31. The molecule has 0 saturated heterocycles. The smallest absolute Gasteiger partial charge is 0.408 e. The summed E-state index contributed by atoms with van der Waals surface area (Å²) >= 11 is 0.921. The number of ether oxygens (including phenoxy) is 1. The number of nitro groups is 1. The van der Waals surface area contributed by atoms with Crippen LogP contribution in [0.4, 0.5) is 9.80 Å². The van der Waals surface area contributed by atoms with E-state index >= 15 is 0 Å². The second-order valence-corrected chi connectivity index (χ2v) is 6.13. The van der Waals surface area contributed by atoms with E-state index < -0.39 is 22.7 Å². The van der Waals surface area contributed by atoms with Crippen LogP contribution in [0.2, 0.25) is 0 Å². The zero-order valence-corrected chi connectivity index (χ0v) is 12.2. The molecule has 110 valence electrons. The Morgan fingerprint density at radius 2 is 2.20 bits per heavy atom. The SMILES string of the molecule is CC(C)(C)OC(=O)N[C@@H](CC=O)c1ccc([N+](=O)[O-])s1. The monoisotopic (exact) mass is 300 g/mol. The minimum Gasteiger partial charge on any atom is -0.444 e. The number of hydrogen-bond donors (Lipinski definition) is 1. The summed E-state index contributed by atoms with van der Waals surface area (Å²) in [4.78, 5) is 33.0. The van der Waals surface area contributed by atoms with Gasteiger partial charge in [0.15, 0.2) is 0 Å². The van der Waals surface area contributed by atoms with E-state index in [0.29, 0.717) is 11.2 Å². The van der Waals surface area contributed by atoms with Gasteiger partial charge in [0.1, 0.15) is 11.9 Å². The molecule has 0 aliphatic carbocycles. The average molecular weight is 300 g/mol. The van der Waals surface area contributed by atoms with Gasteiger partial charge in [-0.05, 0) is 26.8 Å². The lowest BCUT2D eigenvalue weighted by molar-refractivity contribution is -0.380. The van der Waals surface area contributed by atoms with Crippen LogP contribution in [0.25, 0.3) is 0 Å². The molecule has 1 amide bonds. The largest absolute Gasteiger partial charge is 0.444 e. The van der Waals surface area contributed by atoms with Crippen LogP contribution in [0, 0.1) is 10.1 Å². The summed E-state index contributed by atoms with van der Waals surface area (Å²) in [5.74, 6) is 0. The van der Waals surface area contributed by atoms with Crippen molar-refractivity contribution in [1.29, 1.82) is 0 Å². The Morgan fingerprint density at radius 1 is 1.55 bits per heavy atom. The van der Waals surface area contributed by atoms with Crippen molar-refractivity contribution < 1.29 is 19.2 Å². The van der Waals surface area contributed by atoms with Crippen LogP contribution in [-0.2, 0) is 9.53 Å². The molecule has 0 unspecified atom stereocenters. The first-order valence-electron chi connectivity index (χ1n) is 5.90. The fraction of sp³-hybridized carbons (Fsp3) is 0.500. The molecule has 1 atom stereocenters. The number of thiophene rings is 1. The zero-order chi connectivity index (χ0) is 15.3. The number of alkyl carbamates (subject to hydrolysis) is 1. The number of carbonyl (C=O) groups is 2. The molecule has 0 spiro atoms. The number of nitrogens with zero attached hydrogens (tertiary/aromatic N) is 1. The van der Waals surface area contributed by atoms with Gasteiger partial charge in [-0.25, -0.2) is 4.79 Å². The molecule has 0 fully saturated rings. The second-order valence-electron chi connectivity index (χ2n) is 5.03. The van der Waals surface area contributed by atoms with Gasteiger partial charge in [-0.1, -0.05) is 11.3 Å². The summed E-state index contributed by atoms with van der Waals surface area (Å²) in [5.41, 5.74) is -0.655. The van der Waals surface area contributed by atoms with Crippen LogP contribution < -0.4 is 5.32 Å². The lowest BCUT2D eigenvalue weighted by atomic mass is 10.2. The van der Waals surface area contributed by atoms with Crippen molar-refractivity contribution in [2.45, 2.75) is 38.8 Å². The number of amides is 1. The van der Waals surface area contributed by atoms with E-state index in [4.69, 9.17) is 4.74 Å². The first-order valence-corrected chi connectivity index (χ1v) is 6.72. The molecule has 0 aromatic carbocycles. The van der Waals surface area contributed by atoms with Crippen LogP contribution in [0.15, 0.2) is 12.1 Å². The molecule has 20 heavy (non-hydrogen) atoms. The maximum atomic E-state index is 11.7. The van der Waals surface area contributed by atoms with E-state index in [-0.39, 0.29) is 11.4 Å². The minimum absolute atomic E-state index is 0.0247. The van der Waals surface area contributed by atoms with Crippen molar-refractivity contribution in [3.8, 4) is 0 Å². The van der Waals surface area contributed by atoms with Crippen LogP contribution in [-0.4, -0.2) is 22.9 Å². The van der Waals surface area contributed by atoms with Crippen LogP contribution in [0.3, 0.4) is 0 Å². The van der Waals surface area contributed by atoms with Crippen molar-refractivity contribution in [2.75, 3.05) is 0 Å². The Hall–Kier alpha value is -1.96. The van der Waals surface area contributed by atoms with Gasteiger partial charge in [-0.15, -0.1) is 0 Å². The Morgan fingerprint density at radius 3 is 2.65 bits per heavy atom. The molecule has 1 heterocycles. The maximum Gasteiger partial charge on any atom is 0.408 e. The Kier molecular flexibility index (Phi) is 5.20. The van der Waals surface area contributed by atoms with Gasteiger partial charge in [-0.2, -0.15) is 0 Å². The van der Waals surface area contributed by atoms with E-state index in [0.717, 1.165) is 11.3 Å². The quantitative estimate of drug-likeness (QED) is 0.512. The molecule has 1 rings (SSSR count). The zero-order valence-electron chi connectivity index (χ0n) is 11.4. The van der Waals surface area contributed by atoms with E-state index in [9.17, 15) is 19.7 Å². The molecule has 0 bridgehead atoms. The molecule has 0 aliphatic heterocycles. The first kappa shape index (κ1) is 16.1. The first-order chi connectivity index (χ1) is 9.23. The van der Waals surface area contributed by atoms with Crippen molar-refractivity contribution in [3.63, 3.8) is 0 Å². The highest BCUT2D eigenvalue weighted by atomic mass is 32.1. The number of carbonyl (C=O) groups excluding carboxylic acids is 2. The summed E-state index contributed by atoms with van der Waals surface area (Å²) in [6.07, 6.45) is 0.00484. The Labute approximate surface area is 120 Å². The molecule has 0 aliphatic rings.